The minimum atomic E-state index is -0.388. The van der Waals surface area contributed by atoms with Crippen LogP contribution < -0.4 is 5.32 Å². The van der Waals surface area contributed by atoms with Crippen LogP contribution in [0.1, 0.15) is 70.6 Å². The monoisotopic (exact) mass is 291 g/mol. The smallest absolute Gasteiger partial charge is 0.160 e. The molecule has 2 rings (SSSR count). The number of fused-ring (bicyclic) bond motifs is 1. The summed E-state index contributed by atoms with van der Waals surface area (Å²) < 4.78 is 5.92. The van der Waals surface area contributed by atoms with Gasteiger partial charge in [0.2, 0.25) is 0 Å². The van der Waals surface area contributed by atoms with Crippen LogP contribution in [0.5, 0.6) is 0 Å². The Morgan fingerprint density at radius 2 is 2.14 bits per heavy atom. The standard InChI is InChI=1S/C17H29N3O/c1-7-17(5,21-8-2)15-19-11-12-13(18-6)9-16(3,4)10-14(12)20-15/h11,13,18H,7-10H2,1-6H3. The Bertz CT molecular complexity index is 501. The van der Waals surface area contributed by atoms with Gasteiger partial charge >= 0.3 is 0 Å². The molecule has 2 unspecified atom stereocenters. The number of nitrogens with one attached hydrogen (secondary N) is 1. The second-order valence-electron chi connectivity index (χ2n) is 7.00. The van der Waals surface area contributed by atoms with Crippen molar-refractivity contribution in [3.05, 3.63) is 23.3 Å². The SMILES string of the molecule is CCOC(C)(CC)c1ncc2c(n1)CC(C)(C)CC2NC. The molecule has 1 aliphatic rings. The van der Waals surface area contributed by atoms with Gasteiger partial charge in [0, 0.05) is 30.1 Å². The van der Waals surface area contributed by atoms with Gasteiger partial charge in [-0.1, -0.05) is 20.8 Å². The maximum absolute atomic E-state index is 5.92. The van der Waals surface area contributed by atoms with Crippen LogP contribution in [0.4, 0.5) is 0 Å². The lowest BCUT2D eigenvalue weighted by atomic mass is 9.74. The third-order valence-corrected chi connectivity index (χ3v) is 4.64. The Hall–Kier alpha value is -1.00. The molecule has 0 bridgehead atoms. The number of hydrogen-bond acceptors (Lipinski definition) is 4. The van der Waals surface area contributed by atoms with Crippen LogP contribution in [-0.2, 0) is 16.8 Å². The lowest BCUT2D eigenvalue weighted by Crippen LogP contribution is -2.35. The second-order valence-corrected chi connectivity index (χ2v) is 7.00. The molecule has 0 saturated carbocycles. The van der Waals surface area contributed by atoms with Crippen molar-refractivity contribution >= 4 is 0 Å². The molecular weight excluding hydrogens is 262 g/mol. The Labute approximate surface area is 128 Å². The van der Waals surface area contributed by atoms with Crippen LogP contribution in [0, 0.1) is 5.41 Å². The number of ether oxygens (including phenoxy) is 1. The predicted octanol–water partition coefficient (Wildman–Crippen LogP) is 3.37. The molecule has 4 heteroatoms. The van der Waals surface area contributed by atoms with Crippen molar-refractivity contribution in [2.45, 2.75) is 65.5 Å². The van der Waals surface area contributed by atoms with E-state index in [4.69, 9.17) is 9.72 Å². The summed E-state index contributed by atoms with van der Waals surface area (Å²) in [5, 5.41) is 3.40. The van der Waals surface area contributed by atoms with Crippen LogP contribution in [0.3, 0.4) is 0 Å². The van der Waals surface area contributed by atoms with Gasteiger partial charge in [0.1, 0.15) is 5.60 Å². The van der Waals surface area contributed by atoms with Crippen LogP contribution in [0.25, 0.3) is 0 Å². The summed E-state index contributed by atoms with van der Waals surface area (Å²) in [6.45, 7) is 11.5. The lowest BCUT2D eigenvalue weighted by Gasteiger charge is -2.37. The van der Waals surface area contributed by atoms with Gasteiger partial charge in [0.15, 0.2) is 5.82 Å². The van der Waals surface area contributed by atoms with Gasteiger partial charge in [0.05, 0.1) is 0 Å². The van der Waals surface area contributed by atoms with E-state index in [-0.39, 0.29) is 11.0 Å². The van der Waals surface area contributed by atoms with Gasteiger partial charge in [-0.2, -0.15) is 0 Å². The van der Waals surface area contributed by atoms with E-state index in [0.717, 1.165) is 25.1 Å². The fraction of sp³-hybridized carbons (Fsp3) is 0.765. The average molecular weight is 291 g/mol. The van der Waals surface area contributed by atoms with Crippen molar-refractivity contribution in [3.63, 3.8) is 0 Å². The quantitative estimate of drug-likeness (QED) is 0.903. The Kier molecular flexibility index (Phi) is 4.69. The van der Waals surface area contributed by atoms with Gasteiger partial charge in [-0.05, 0) is 45.6 Å². The zero-order valence-electron chi connectivity index (χ0n) is 14.3. The number of rotatable bonds is 5. The number of hydrogen-bond donors (Lipinski definition) is 1. The van der Waals surface area contributed by atoms with Crippen LogP contribution in [0.2, 0.25) is 0 Å². The third-order valence-electron chi connectivity index (χ3n) is 4.64. The van der Waals surface area contributed by atoms with E-state index in [9.17, 15) is 0 Å². The molecule has 0 radical (unpaired) electrons. The second kappa shape index (κ2) is 6.01. The van der Waals surface area contributed by atoms with Gasteiger partial charge in [-0.3, -0.25) is 0 Å². The van der Waals surface area contributed by atoms with Gasteiger partial charge in [-0.15, -0.1) is 0 Å². The number of aromatic nitrogens is 2. The maximum Gasteiger partial charge on any atom is 0.160 e. The first-order valence-electron chi connectivity index (χ1n) is 8.02. The molecule has 0 spiro atoms. The summed E-state index contributed by atoms with van der Waals surface area (Å²) in [4.78, 5) is 9.52. The lowest BCUT2D eigenvalue weighted by molar-refractivity contribution is -0.0393. The van der Waals surface area contributed by atoms with Crippen LogP contribution in [-0.4, -0.2) is 23.6 Å². The normalized spacial score (nSPS) is 23.4. The van der Waals surface area contributed by atoms with E-state index in [1.807, 2.05) is 20.2 Å². The van der Waals surface area contributed by atoms with Crippen LogP contribution >= 0.6 is 0 Å². The van der Waals surface area contributed by atoms with Gasteiger partial charge < -0.3 is 10.1 Å². The fourth-order valence-electron chi connectivity index (χ4n) is 3.20. The molecule has 0 fully saturated rings. The average Bonchev–Trinajstić information content (AvgIpc) is 2.44. The van der Waals surface area contributed by atoms with Gasteiger partial charge in [-0.25, -0.2) is 9.97 Å². The minimum absolute atomic E-state index is 0.264. The van der Waals surface area contributed by atoms with E-state index in [2.05, 4.69) is 38.0 Å². The molecule has 118 valence electrons. The largest absolute Gasteiger partial charge is 0.368 e. The highest BCUT2D eigenvalue weighted by Crippen LogP contribution is 2.40. The van der Waals surface area contributed by atoms with Crippen LogP contribution in [0.15, 0.2) is 6.20 Å². The van der Waals surface area contributed by atoms with E-state index in [1.165, 1.54) is 11.3 Å². The fourth-order valence-corrected chi connectivity index (χ4v) is 3.20. The minimum Gasteiger partial charge on any atom is -0.368 e. The highest BCUT2D eigenvalue weighted by Gasteiger charge is 2.35. The molecule has 0 aliphatic heterocycles. The Morgan fingerprint density at radius 1 is 1.43 bits per heavy atom. The Morgan fingerprint density at radius 3 is 2.71 bits per heavy atom. The van der Waals surface area contributed by atoms with Crippen molar-refractivity contribution in [1.29, 1.82) is 0 Å². The molecule has 1 N–H and O–H groups in total. The van der Waals surface area contributed by atoms with Crippen molar-refractivity contribution in [2.75, 3.05) is 13.7 Å². The molecule has 1 aliphatic carbocycles. The molecule has 0 amide bonds. The highest BCUT2D eigenvalue weighted by atomic mass is 16.5. The van der Waals surface area contributed by atoms with E-state index >= 15 is 0 Å². The highest BCUT2D eigenvalue weighted by molar-refractivity contribution is 5.27. The molecular formula is C17H29N3O. The summed E-state index contributed by atoms with van der Waals surface area (Å²) in [5.41, 5.74) is 2.30. The van der Waals surface area contributed by atoms with Gasteiger partial charge in [0.25, 0.3) is 0 Å². The Balaban J connectivity index is 2.42. The summed E-state index contributed by atoms with van der Waals surface area (Å²) >= 11 is 0. The molecule has 1 aromatic rings. The van der Waals surface area contributed by atoms with Crippen molar-refractivity contribution < 1.29 is 4.74 Å². The molecule has 0 aromatic carbocycles. The molecule has 21 heavy (non-hydrogen) atoms. The first kappa shape index (κ1) is 16.4. The molecule has 1 heterocycles. The maximum atomic E-state index is 5.92. The van der Waals surface area contributed by atoms with E-state index in [0.29, 0.717) is 12.6 Å². The van der Waals surface area contributed by atoms with Crippen molar-refractivity contribution in [3.8, 4) is 0 Å². The first-order chi connectivity index (χ1) is 9.85. The molecule has 2 atom stereocenters. The summed E-state index contributed by atoms with van der Waals surface area (Å²) in [5.74, 6) is 0.818. The zero-order chi connectivity index (χ0) is 15.7. The molecule has 1 aromatic heterocycles. The predicted molar refractivity (Wildman–Crippen MR) is 85.2 cm³/mol. The van der Waals surface area contributed by atoms with E-state index < -0.39 is 0 Å². The molecule has 4 nitrogen and oxygen atoms in total. The number of nitrogens with zero attached hydrogens (tertiary/aromatic N) is 2. The summed E-state index contributed by atoms with van der Waals surface area (Å²) in [6, 6.07) is 0.345. The summed E-state index contributed by atoms with van der Waals surface area (Å²) in [7, 11) is 2.01. The zero-order valence-corrected chi connectivity index (χ0v) is 14.3. The molecule has 0 saturated heterocycles. The van der Waals surface area contributed by atoms with E-state index in [1.54, 1.807) is 0 Å². The topological polar surface area (TPSA) is 47.0 Å². The van der Waals surface area contributed by atoms with Crippen molar-refractivity contribution in [1.82, 2.24) is 15.3 Å². The third kappa shape index (κ3) is 3.27. The first-order valence-corrected chi connectivity index (χ1v) is 8.02. The summed E-state index contributed by atoms with van der Waals surface area (Å²) in [6.07, 6.45) is 5.00. The van der Waals surface area contributed by atoms with Crippen molar-refractivity contribution in [2.24, 2.45) is 5.41 Å².